The van der Waals surface area contributed by atoms with Gasteiger partial charge in [0.2, 0.25) is 0 Å². The molecule has 3 heteroatoms. The number of ether oxygens (including phenoxy) is 1. The molecule has 0 radical (unpaired) electrons. The van der Waals surface area contributed by atoms with Gasteiger partial charge >= 0.3 is 5.97 Å². The highest BCUT2D eigenvalue weighted by molar-refractivity contribution is 5.75. The van der Waals surface area contributed by atoms with Crippen molar-refractivity contribution in [1.29, 1.82) is 0 Å². The summed E-state index contributed by atoms with van der Waals surface area (Å²) in [5.41, 5.74) is 5.70. The quantitative estimate of drug-likeness (QED) is 0.557. The van der Waals surface area contributed by atoms with E-state index in [2.05, 4.69) is 0 Å². The highest BCUT2D eigenvalue weighted by atomic mass is 16.5. The van der Waals surface area contributed by atoms with Gasteiger partial charge in [0.25, 0.3) is 0 Å². The van der Waals surface area contributed by atoms with Gasteiger partial charge in [-0.1, -0.05) is 18.6 Å². The Hall–Kier alpha value is -0.830. The van der Waals surface area contributed by atoms with E-state index in [-0.39, 0.29) is 24.0 Å². The average Bonchev–Trinajstić information content (AvgIpc) is 2.66. The molecule has 0 amide bonds. The normalized spacial score (nSPS) is 31.8. The summed E-state index contributed by atoms with van der Waals surface area (Å²) in [6, 6.07) is 0.0360. The molecule has 0 heterocycles. The maximum absolute atomic E-state index is 11.7. The van der Waals surface area contributed by atoms with Crippen LogP contribution in [0.1, 0.15) is 38.5 Å². The second kappa shape index (κ2) is 4.79. The minimum Gasteiger partial charge on any atom is -0.462 e. The summed E-state index contributed by atoms with van der Waals surface area (Å²) < 4.78 is 5.48. The van der Waals surface area contributed by atoms with Gasteiger partial charge in [0, 0.05) is 6.04 Å². The molecule has 2 atom stereocenters. The first kappa shape index (κ1) is 10.7. The van der Waals surface area contributed by atoms with Gasteiger partial charge in [-0.3, -0.25) is 4.79 Å². The third kappa shape index (κ3) is 2.81. The van der Waals surface area contributed by atoms with Crippen molar-refractivity contribution in [1.82, 2.24) is 0 Å². The van der Waals surface area contributed by atoms with E-state index >= 15 is 0 Å². The van der Waals surface area contributed by atoms with Crippen molar-refractivity contribution < 1.29 is 9.53 Å². The lowest BCUT2D eigenvalue weighted by Gasteiger charge is -2.23. The van der Waals surface area contributed by atoms with Crippen molar-refractivity contribution >= 4 is 5.97 Å². The summed E-state index contributed by atoms with van der Waals surface area (Å²) in [7, 11) is 0. The topological polar surface area (TPSA) is 52.3 Å². The molecular formula is C12H19NO2. The molecule has 2 rings (SSSR count). The third-order valence-corrected chi connectivity index (χ3v) is 3.25. The maximum atomic E-state index is 11.7. The lowest BCUT2D eigenvalue weighted by molar-refractivity contribution is -0.153. The van der Waals surface area contributed by atoms with Gasteiger partial charge in [-0.2, -0.15) is 0 Å². The largest absolute Gasteiger partial charge is 0.462 e. The van der Waals surface area contributed by atoms with Crippen molar-refractivity contribution in [3.05, 3.63) is 12.2 Å². The highest BCUT2D eigenvalue weighted by Gasteiger charge is 2.26. The van der Waals surface area contributed by atoms with Crippen LogP contribution in [0.4, 0.5) is 0 Å². The van der Waals surface area contributed by atoms with E-state index in [0.29, 0.717) is 6.42 Å². The Kier molecular flexibility index (Phi) is 3.41. The van der Waals surface area contributed by atoms with Crippen LogP contribution >= 0.6 is 0 Å². The van der Waals surface area contributed by atoms with Crippen molar-refractivity contribution in [2.24, 2.45) is 11.7 Å². The van der Waals surface area contributed by atoms with Gasteiger partial charge in [0.15, 0.2) is 0 Å². The second-order valence-corrected chi connectivity index (χ2v) is 4.59. The first-order chi connectivity index (χ1) is 7.25. The monoisotopic (exact) mass is 209 g/mol. The molecule has 0 aromatic heterocycles. The Morgan fingerprint density at radius 2 is 1.93 bits per heavy atom. The van der Waals surface area contributed by atoms with Crippen molar-refractivity contribution in [3.8, 4) is 0 Å². The molecule has 0 saturated heterocycles. The van der Waals surface area contributed by atoms with Crippen LogP contribution in [0.5, 0.6) is 0 Å². The first-order valence-electron chi connectivity index (χ1n) is 5.90. The summed E-state index contributed by atoms with van der Waals surface area (Å²) in [4.78, 5) is 11.7. The number of nitrogens with two attached hydrogens (primary N) is 1. The van der Waals surface area contributed by atoms with Crippen LogP contribution in [0.15, 0.2) is 12.2 Å². The van der Waals surface area contributed by atoms with Crippen LogP contribution in [-0.2, 0) is 9.53 Å². The van der Waals surface area contributed by atoms with Crippen molar-refractivity contribution in [2.45, 2.75) is 50.7 Å². The lowest BCUT2D eigenvalue weighted by atomic mass is 9.97. The van der Waals surface area contributed by atoms with Gasteiger partial charge in [0.1, 0.15) is 6.10 Å². The van der Waals surface area contributed by atoms with Gasteiger partial charge in [-0.15, -0.1) is 0 Å². The van der Waals surface area contributed by atoms with E-state index in [1.165, 1.54) is 19.3 Å². The fourth-order valence-corrected chi connectivity index (χ4v) is 2.34. The van der Waals surface area contributed by atoms with E-state index in [0.717, 1.165) is 12.8 Å². The molecular weight excluding hydrogens is 190 g/mol. The fraction of sp³-hybridized carbons (Fsp3) is 0.750. The predicted molar refractivity (Wildman–Crippen MR) is 58.2 cm³/mol. The molecule has 0 spiro atoms. The molecule has 2 N–H and O–H groups in total. The van der Waals surface area contributed by atoms with Gasteiger partial charge in [-0.25, -0.2) is 0 Å². The fourth-order valence-electron chi connectivity index (χ4n) is 2.34. The molecule has 0 bridgehead atoms. The molecule has 2 aliphatic rings. The molecule has 15 heavy (non-hydrogen) atoms. The summed E-state index contributed by atoms with van der Waals surface area (Å²) in [5, 5.41) is 0. The zero-order valence-corrected chi connectivity index (χ0v) is 9.02. The highest BCUT2D eigenvalue weighted by Crippen LogP contribution is 2.24. The number of hydrogen-bond donors (Lipinski definition) is 1. The van der Waals surface area contributed by atoms with Gasteiger partial charge in [0.05, 0.1) is 5.92 Å². The molecule has 0 aliphatic heterocycles. The molecule has 3 nitrogen and oxygen atoms in total. The summed E-state index contributed by atoms with van der Waals surface area (Å²) >= 11 is 0. The van der Waals surface area contributed by atoms with Crippen molar-refractivity contribution in [2.75, 3.05) is 0 Å². The predicted octanol–water partition coefficient (Wildman–Crippen LogP) is 1.77. The minimum absolute atomic E-state index is 0.0360. The molecule has 2 unspecified atom stereocenters. The Bertz CT molecular complexity index is 256. The number of hydrogen-bond acceptors (Lipinski definition) is 3. The maximum Gasteiger partial charge on any atom is 0.313 e. The first-order valence-corrected chi connectivity index (χ1v) is 5.90. The summed E-state index contributed by atoms with van der Waals surface area (Å²) in [6.07, 6.45) is 10.4. The summed E-state index contributed by atoms with van der Waals surface area (Å²) in [6.45, 7) is 0. The van der Waals surface area contributed by atoms with Crippen LogP contribution in [-0.4, -0.2) is 18.1 Å². The summed E-state index contributed by atoms with van der Waals surface area (Å²) in [5.74, 6) is -0.173. The van der Waals surface area contributed by atoms with E-state index in [4.69, 9.17) is 10.5 Å². The Morgan fingerprint density at radius 3 is 2.53 bits per heavy atom. The number of carbonyl (C=O) groups is 1. The zero-order chi connectivity index (χ0) is 10.7. The lowest BCUT2D eigenvalue weighted by Crippen LogP contribution is -2.26. The second-order valence-electron chi connectivity index (χ2n) is 4.59. The SMILES string of the molecule is NC1C=CC(C(=O)OC2CCCCC2)C1. The van der Waals surface area contributed by atoms with E-state index in [9.17, 15) is 4.79 Å². The molecule has 1 saturated carbocycles. The van der Waals surface area contributed by atoms with Crippen molar-refractivity contribution in [3.63, 3.8) is 0 Å². The molecule has 2 aliphatic carbocycles. The van der Waals surface area contributed by atoms with Crippen LogP contribution in [0, 0.1) is 5.92 Å². The Labute approximate surface area is 90.7 Å². The third-order valence-electron chi connectivity index (χ3n) is 3.25. The molecule has 0 aromatic rings. The minimum atomic E-state index is -0.0954. The zero-order valence-electron chi connectivity index (χ0n) is 9.02. The average molecular weight is 209 g/mol. The van der Waals surface area contributed by atoms with Crippen LogP contribution in [0.25, 0.3) is 0 Å². The number of carbonyl (C=O) groups excluding carboxylic acids is 1. The van der Waals surface area contributed by atoms with Gasteiger partial charge in [-0.05, 0) is 32.1 Å². The van der Waals surface area contributed by atoms with E-state index < -0.39 is 0 Å². The van der Waals surface area contributed by atoms with Gasteiger partial charge < -0.3 is 10.5 Å². The Balaban J connectivity index is 1.79. The smallest absolute Gasteiger partial charge is 0.313 e. The number of rotatable bonds is 2. The van der Waals surface area contributed by atoms with E-state index in [1.54, 1.807) is 0 Å². The molecule has 84 valence electrons. The van der Waals surface area contributed by atoms with Crippen LogP contribution in [0.3, 0.4) is 0 Å². The standard InChI is InChI=1S/C12H19NO2/c13-10-7-6-9(8-10)12(14)15-11-4-2-1-3-5-11/h6-7,9-11H,1-5,8,13H2. The molecule has 0 aromatic carbocycles. The number of esters is 1. The molecule has 1 fully saturated rings. The Morgan fingerprint density at radius 1 is 1.20 bits per heavy atom. The van der Waals surface area contributed by atoms with E-state index in [1.807, 2.05) is 12.2 Å². The van der Waals surface area contributed by atoms with Crippen LogP contribution in [0.2, 0.25) is 0 Å². The van der Waals surface area contributed by atoms with Crippen LogP contribution < -0.4 is 5.73 Å².